The van der Waals surface area contributed by atoms with Gasteiger partial charge in [-0.1, -0.05) is 45.0 Å². The number of nitrogens with zero attached hydrogens (tertiary/aromatic N) is 5. The van der Waals surface area contributed by atoms with Crippen molar-refractivity contribution < 1.29 is 65.9 Å². The molecule has 0 aliphatic carbocycles. The highest BCUT2D eigenvalue weighted by Gasteiger charge is 2.51. The van der Waals surface area contributed by atoms with E-state index in [-0.39, 0.29) is 62.6 Å². The van der Waals surface area contributed by atoms with Gasteiger partial charge in [0, 0.05) is 38.4 Å². The second-order valence-electron chi connectivity index (χ2n) is 20.2. The molecule has 4 aromatic rings. The maximum absolute atomic E-state index is 13.9. The smallest absolute Gasteiger partial charge is 0.417 e. The monoisotopic (exact) mass is 1120 g/mol. The number of nitriles is 1. The number of β-amino-alcohol motifs (C(OH)–C–C–N with tert-alkyl or cyclic N) is 1. The molecule has 1 aromatic heterocycles. The lowest BCUT2D eigenvalue weighted by Gasteiger charge is -2.35. The molecule has 0 bridgehead atoms. The van der Waals surface area contributed by atoms with Gasteiger partial charge in [-0.15, -0.1) is 11.3 Å². The molecule has 0 unspecified atom stereocenters. The van der Waals surface area contributed by atoms with Gasteiger partial charge >= 0.3 is 6.18 Å². The zero-order valence-corrected chi connectivity index (χ0v) is 46.3. The van der Waals surface area contributed by atoms with E-state index < -0.39 is 64.2 Å². The zero-order chi connectivity index (χ0) is 56.6. The van der Waals surface area contributed by atoms with E-state index in [1.165, 1.54) is 11.0 Å². The van der Waals surface area contributed by atoms with Crippen molar-refractivity contribution in [2.45, 2.75) is 97.3 Å². The zero-order valence-electron chi connectivity index (χ0n) is 44.7. The summed E-state index contributed by atoms with van der Waals surface area (Å²) in [6.07, 6.45) is -4.03. The number of aliphatic hydroxyl groups excluding tert-OH is 1. The van der Waals surface area contributed by atoms with Crippen LogP contribution in [0, 0.1) is 23.7 Å². The third-order valence-electron chi connectivity index (χ3n) is 12.8. The van der Waals surface area contributed by atoms with Crippen LogP contribution in [0.5, 0.6) is 5.75 Å². The summed E-state index contributed by atoms with van der Waals surface area (Å²) in [7, 11) is 0. The number of anilines is 2. The number of aliphatic hydroxyl groups is 1. The Morgan fingerprint density at radius 2 is 1.46 bits per heavy atom. The van der Waals surface area contributed by atoms with Crippen LogP contribution in [0.2, 0.25) is 0 Å². The second-order valence-corrected chi connectivity index (χ2v) is 21.4. The van der Waals surface area contributed by atoms with Crippen LogP contribution in [-0.4, -0.2) is 147 Å². The number of thiazole rings is 1. The third-order valence-corrected chi connectivity index (χ3v) is 14.2. The van der Waals surface area contributed by atoms with E-state index in [1.54, 1.807) is 65.9 Å². The predicted molar refractivity (Wildman–Crippen MR) is 290 cm³/mol. The second kappa shape index (κ2) is 28.2. The molecule has 6 rings (SSSR count). The summed E-state index contributed by atoms with van der Waals surface area (Å²) in [5, 5.41) is 25.4. The van der Waals surface area contributed by atoms with Gasteiger partial charge in [-0.25, -0.2) is 4.98 Å². The molecular formula is C55H68F3N7O11S2. The largest absolute Gasteiger partial charge is 0.491 e. The van der Waals surface area contributed by atoms with Crippen molar-refractivity contribution in [1.82, 2.24) is 20.5 Å². The number of carbonyl (C=O) groups is 4. The average molecular weight is 1120 g/mol. The molecule has 2 fully saturated rings. The van der Waals surface area contributed by atoms with E-state index in [4.69, 9.17) is 40.6 Å². The van der Waals surface area contributed by atoms with E-state index in [2.05, 4.69) is 15.6 Å². The van der Waals surface area contributed by atoms with E-state index >= 15 is 0 Å². The maximum atomic E-state index is 13.9. The quantitative estimate of drug-likeness (QED) is 0.0387. The van der Waals surface area contributed by atoms with Gasteiger partial charge in [-0.05, 0) is 105 Å². The number of thiocarbonyl (C=S) groups is 1. The first-order valence-electron chi connectivity index (χ1n) is 25.6. The van der Waals surface area contributed by atoms with Crippen LogP contribution in [0.25, 0.3) is 10.4 Å². The molecule has 78 heavy (non-hydrogen) atoms. The fourth-order valence-electron chi connectivity index (χ4n) is 8.69. The number of alkyl halides is 3. The Hall–Kier alpha value is -6.10. The number of amides is 4. The van der Waals surface area contributed by atoms with E-state index in [0.717, 1.165) is 51.6 Å². The van der Waals surface area contributed by atoms with Gasteiger partial charge in [0.15, 0.2) is 5.11 Å². The normalized spacial score (nSPS) is 16.9. The number of aryl methyl sites for hydroxylation is 1. The molecule has 3 heterocycles. The number of nitrogens with one attached hydrogen (secondary N) is 2. The molecule has 2 aliphatic rings. The summed E-state index contributed by atoms with van der Waals surface area (Å²) in [6.45, 7) is 14.1. The van der Waals surface area contributed by atoms with Crippen LogP contribution < -0.4 is 25.2 Å². The minimum Gasteiger partial charge on any atom is -0.491 e. The lowest BCUT2D eigenvalue weighted by atomic mass is 9.85. The number of hydrogen-bond donors (Lipinski definition) is 3. The highest BCUT2D eigenvalue weighted by atomic mass is 32.1. The summed E-state index contributed by atoms with van der Waals surface area (Å²) in [5.41, 5.74) is 1.47. The summed E-state index contributed by atoms with van der Waals surface area (Å²) >= 11 is 7.17. The van der Waals surface area contributed by atoms with Crippen molar-refractivity contribution in [3.63, 3.8) is 0 Å². The molecule has 4 amide bonds. The van der Waals surface area contributed by atoms with Crippen LogP contribution in [-0.2, 0) is 55.6 Å². The number of likely N-dealkylation sites (tertiary alicyclic amines) is 1. The fourth-order valence-corrected chi connectivity index (χ4v) is 10.0. The first-order chi connectivity index (χ1) is 37.1. The molecule has 0 spiro atoms. The molecule has 0 saturated carbocycles. The van der Waals surface area contributed by atoms with E-state index in [0.29, 0.717) is 57.7 Å². The van der Waals surface area contributed by atoms with Crippen LogP contribution in [0.1, 0.15) is 76.3 Å². The van der Waals surface area contributed by atoms with Crippen molar-refractivity contribution in [2.75, 3.05) is 89.0 Å². The third kappa shape index (κ3) is 16.5. The summed E-state index contributed by atoms with van der Waals surface area (Å²) < 4.78 is 74.8. The average Bonchev–Trinajstić information content (AvgIpc) is 4.20. The Balaban J connectivity index is 0.763. The Bertz CT molecular complexity index is 2710. The molecule has 3 N–H and O–H groups in total. The van der Waals surface area contributed by atoms with E-state index in [1.807, 2.05) is 52.0 Å². The number of benzene rings is 3. The van der Waals surface area contributed by atoms with Crippen molar-refractivity contribution in [2.24, 2.45) is 5.41 Å². The molecule has 422 valence electrons. The fraction of sp³-hybridized carbons (Fsp3) is 0.509. The number of halogens is 3. The molecule has 3 atom stereocenters. The molecule has 18 nitrogen and oxygen atoms in total. The Morgan fingerprint density at radius 1 is 0.872 bits per heavy atom. The van der Waals surface area contributed by atoms with Gasteiger partial charge in [0.05, 0.1) is 91.3 Å². The number of unbranched alkanes of at least 4 members (excludes halogenated alkanes) is 1. The minimum absolute atomic E-state index is 0.00644. The molecular weight excluding hydrogens is 1060 g/mol. The van der Waals surface area contributed by atoms with Gasteiger partial charge in [0.2, 0.25) is 17.7 Å². The van der Waals surface area contributed by atoms with Gasteiger partial charge in [-0.2, -0.15) is 18.4 Å². The topological polar surface area (TPSA) is 214 Å². The Labute approximate surface area is 462 Å². The SMILES string of the molecule is Cc1ncsc1-c1ccc(CNC(=O)[C@@H]2C[C@@H](O)CN2C(=O)[C@@H](NC(=O)COCCOCCOCCCCOCCOCCOc2ccc(N3C(=S)N(c4ccc(C#N)c(C(F)(F)F)c4)C(=O)C3(C)C)cc2)C(C)(C)C)cc1. The first kappa shape index (κ1) is 61.1. The van der Waals surface area contributed by atoms with Gasteiger partial charge in [0.1, 0.15) is 36.6 Å². The lowest BCUT2D eigenvalue weighted by molar-refractivity contribution is -0.144. The summed E-state index contributed by atoms with van der Waals surface area (Å²) in [6, 6.07) is 17.3. The number of ether oxygens (including phenoxy) is 6. The molecule has 2 saturated heterocycles. The van der Waals surface area contributed by atoms with Crippen molar-refractivity contribution >= 4 is 63.7 Å². The highest BCUT2D eigenvalue weighted by molar-refractivity contribution is 7.81. The van der Waals surface area contributed by atoms with Crippen molar-refractivity contribution in [1.29, 1.82) is 5.26 Å². The summed E-state index contributed by atoms with van der Waals surface area (Å²) in [4.78, 5) is 63.1. The number of hydrogen-bond acceptors (Lipinski definition) is 15. The molecule has 0 radical (unpaired) electrons. The number of rotatable bonds is 28. The number of carbonyl (C=O) groups excluding carboxylic acids is 4. The predicted octanol–water partition coefficient (Wildman–Crippen LogP) is 6.98. The van der Waals surface area contributed by atoms with Crippen LogP contribution in [0.15, 0.2) is 72.2 Å². The van der Waals surface area contributed by atoms with Gasteiger partial charge in [-0.3, -0.25) is 24.1 Å². The Kier molecular flexibility index (Phi) is 22.1. The highest BCUT2D eigenvalue weighted by Crippen LogP contribution is 2.40. The van der Waals surface area contributed by atoms with Crippen LogP contribution >= 0.6 is 23.6 Å². The van der Waals surface area contributed by atoms with E-state index in [9.17, 15) is 42.7 Å². The van der Waals surface area contributed by atoms with Gasteiger partial charge < -0.3 is 54.0 Å². The van der Waals surface area contributed by atoms with Gasteiger partial charge in [0.25, 0.3) is 5.91 Å². The number of aromatic nitrogens is 1. The summed E-state index contributed by atoms with van der Waals surface area (Å²) in [5.74, 6) is -1.33. The van der Waals surface area contributed by atoms with Crippen molar-refractivity contribution in [3.05, 3.63) is 94.6 Å². The Morgan fingerprint density at radius 3 is 2.04 bits per heavy atom. The van der Waals surface area contributed by atoms with Crippen molar-refractivity contribution in [3.8, 4) is 22.3 Å². The minimum atomic E-state index is -4.80. The maximum Gasteiger partial charge on any atom is 0.417 e. The first-order valence-corrected chi connectivity index (χ1v) is 26.9. The molecule has 23 heteroatoms. The van der Waals surface area contributed by atoms with Crippen LogP contribution in [0.4, 0.5) is 24.5 Å². The molecule has 2 aliphatic heterocycles. The lowest BCUT2D eigenvalue weighted by Crippen LogP contribution is -2.58. The van der Waals surface area contributed by atoms with Crippen LogP contribution in [0.3, 0.4) is 0 Å². The standard InChI is InChI=1S/C55H68F3N7O11S2/c1-36-47(78-35-61-36)38-11-9-37(10-12-38)32-60-49(68)45-30-42(66)33-63(45)50(69)48(53(2,3)4)62-46(67)34-75-26-25-73-23-21-71-19-7-8-20-72-22-24-74-27-28-76-43-17-15-40(16-18-43)65-52(77)64(51(70)54(65,5)6)41-14-13-39(31-59)44(29-41)55(56,57)58/h9-18,29,35,42,45,48,66H,7-8,19-28,30,32-34H2,1-6H3,(H,60,68)(H,62,67)/t42-,45+,48-/m1/s1. The molecule has 3 aromatic carbocycles.